The van der Waals surface area contributed by atoms with Gasteiger partial charge in [0.15, 0.2) is 5.84 Å². The Bertz CT molecular complexity index is 2350. The Morgan fingerprint density at radius 3 is 1.88 bits per heavy atom. The van der Waals surface area contributed by atoms with Crippen LogP contribution < -0.4 is 4.74 Å². The molecule has 0 unspecified atom stereocenters. The predicted octanol–water partition coefficient (Wildman–Crippen LogP) is 11.1. The molecule has 6 aromatic carbocycles. The number of ether oxygens (including phenoxy) is 1. The van der Waals surface area contributed by atoms with Crippen LogP contribution in [0.25, 0.3) is 22.3 Å². The van der Waals surface area contributed by atoms with Crippen molar-refractivity contribution in [1.82, 2.24) is 0 Å². The van der Waals surface area contributed by atoms with Gasteiger partial charge in [-0.05, 0) is 57.2 Å². The van der Waals surface area contributed by atoms with Crippen molar-refractivity contribution >= 4 is 11.5 Å². The Morgan fingerprint density at radius 2 is 1.12 bits per heavy atom. The summed E-state index contributed by atoms with van der Waals surface area (Å²) in [6.45, 7) is 4.17. The second-order valence-electron chi connectivity index (χ2n) is 12.5. The number of amidine groups is 1. The van der Waals surface area contributed by atoms with Crippen molar-refractivity contribution in [2.24, 2.45) is 9.98 Å². The summed E-state index contributed by atoms with van der Waals surface area (Å²) in [7, 11) is 0. The molecule has 0 radical (unpaired) electrons. The first-order valence-corrected chi connectivity index (χ1v) is 16.7. The molecule has 0 aromatic heterocycles. The van der Waals surface area contributed by atoms with Crippen molar-refractivity contribution in [2.45, 2.75) is 11.8 Å². The van der Waals surface area contributed by atoms with Crippen LogP contribution >= 0.6 is 0 Å². The first-order valence-electron chi connectivity index (χ1n) is 16.7. The van der Waals surface area contributed by atoms with Crippen LogP contribution in [0, 0.1) is 0 Å². The lowest BCUT2D eigenvalue weighted by Gasteiger charge is -2.39. The lowest BCUT2D eigenvalue weighted by atomic mass is 9.66. The Balaban J connectivity index is 1.20. The number of para-hydroxylation sites is 2. The second-order valence-corrected chi connectivity index (χ2v) is 12.5. The third-order valence-electron chi connectivity index (χ3n) is 9.77. The molecule has 0 N–H and O–H groups in total. The minimum Gasteiger partial charge on any atom is -0.457 e. The summed E-state index contributed by atoms with van der Waals surface area (Å²) in [6, 6.07) is 51.5. The van der Waals surface area contributed by atoms with Gasteiger partial charge in [0.2, 0.25) is 0 Å². The normalized spacial score (nSPS) is 16.6. The molecule has 0 fully saturated rings. The van der Waals surface area contributed by atoms with Crippen LogP contribution in [-0.4, -0.2) is 11.5 Å². The van der Waals surface area contributed by atoms with Crippen molar-refractivity contribution in [1.29, 1.82) is 0 Å². The van der Waals surface area contributed by atoms with Crippen LogP contribution in [0.5, 0.6) is 11.5 Å². The van der Waals surface area contributed by atoms with Gasteiger partial charge >= 0.3 is 0 Å². The van der Waals surface area contributed by atoms with Crippen LogP contribution in [0.3, 0.4) is 0 Å². The van der Waals surface area contributed by atoms with Crippen molar-refractivity contribution < 1.29 is 4.74 Å². The maximum absolute atomic E-state index is 6.52. The van der Waals surface area contributed by atoms with E-state index in [1.54, 1.807) is 0 Å². The van der Waals surface area contributed by atoms with E-state index in [9.17, 15) is 0 Å². The number of allylic oxidation sites excluding steroid dienone is 4. The molecule has 6 aromatic rings. The summed E-state index contributed by atoms with van der Waals surface area (Å²) in [5.74, 6) is 2.44. The van der Waals surface area contributed by atoms with Crippen molar-refractivity contribution in [3.8, 4) is 33.8 Å². The summed E-state index contributed by atoms with van der Waals surface area (Å²) >= 11 is 0. The number of hydrogen-bond donors (Lipinski definition) is 0. The Hall–Kier alpha value is -6.32. The van der Waals surface area contributed by atoms with Gasteiger partial charge in [-0.15, -0.1) is 0 Å². The number of benzene rings is 6. The number of aliphatic imine (C=N–C) groups is 2. The van der Waals surface area contributed by atoms with Gasteiger partial charge < -0.3 is 4.74 Å². The molecule has 3 heteroatoms. The lowest BCUT2D eigenvalue weighted by molar-refractivity contribution is 0.436. The van der Waals surface area contributed by atoms with Gasteiger partial charge in [-0.3, -0.25) is 0 Å². The van der Waals surface area contributed by atoms with E-state index in [0.29, 0.717) is 18.0 Å². The first kappa shape index (κ1) is 28.9. The fraction of sp³-hybridized carbons (Fsp3) is 0.0435. The topological polar surface area (TPSA) is 34.0 Å². The third-order valence-corrected chi connectivity index (χ3v) is 9.77. The number of rotatable bonds is 3. The zero-order valence-corrected chi connectivity index (χ0v) is 26.9. The maximum atomic E-state index is 6.52. The molecule has 3 nitrogen and oxygen atoms in total. The summed E-state index contributed by atoms with van der Waals surface area (Å²) in [6.07, 6.45) is 8.75. The molecule has 49 heavy (non-hydrogen) atoms. The molecule has 0 saturated heterocycles. The Morgan fingerprint density at radius 1 is 0.510 bits per heavy atom. The monoisotopic (exact) mass is 628 g/mol. The number of fused-ring (bicyclic) bond motifs is 9. The summed E-state index contributed by atoms with van der Waals surface area (Å²) in [5, 5.41) is 0. The maximum Gasteiger partial charge on any atom is 0.160 e. The molecule has 1 spiro atoms. The molecule has 2 aliphatic heterocycles. The third kappa shape index (κ3) is 4.66. The van der Waals surface area contributed by atoms with Crippen molar-refractivity contribution in [2.75, 3.05) is 0 Å². The minimum absolute atomic E-state index is 0.497. The SMILES string of the molecule is C=C1/C=C\C=C/CC(c2ccccc2)=NC(c2ccc(-c3cccc4c3-c3ccccc3C43c4ccccc4Oc4ccccc43)cc2)=N1. The summed E-state index contributed by atoms with van der Waals surface area (Å²) < 4.78 is 6.52. The zero-order chi connectivity index (χ0) is 32.8. The van der Waals surface area contributed by atoms with Gasteiger partial charge in [-0.25, -0.2) is 9.98 Å². The molecule has 232 valence electrons. The molecular formula is C46H32N2O. The largest absolute Gasteiger partial charge is 0.457 e. The average molecular weight is 629 g/mol. The Labute approximate surface area is 286 Å². The van der Waals surface area contributed by atoms with Crippen molar-refractivity contribution in [3.05, 3.63) is 216 Å². The van der Waals surface area contributed by atoms with E-state index < -0.39 is 5.41 Å². The average Bonchev–Trinajstić information content (AvgIpc) is 3.45. The second kappa shape index (κ2) is 11.7. The van der Waals surface area contributed by atoms with E-state index >= 15 is 0 Å². The van der Waals surface area contributed by atoms with Gasteiger partial charge in [0.1, 0.15) is 11.5 Å². The quantitative estimate of drug-likeness (QED) is 0.192. The summed E-state index contributed by atoms with van der Waals surface area (Å²) in [5.41, 5.74) is 12.8. The highest BCUT2D eigenvalue weighted by molar-refractivity contribution is 6.13. The fourth-order valence-electron chi connectivity index (χ4n) is 7.68. The van der Waals surface area contributed by atoms with Crippen LogP contribution in [0.15, 0.2) is 192 Å². The van der Waals surface area contributed by atoms with E-state index in [-0.39, 0.29) is 0 Å². The van der Waals surface area contributed by atoms with Crippen LogP contribution in [0.2, 0.25) is 0 Å². The molecule has 0 amide bonds. The summed E-state index contributed by atoms with van der Waals surface area (Å²) in [4.78, 5) is 10.0. The van der Waals surface area contributed by atoms with Gasteiger partial charge in [0.05, 0.1) is 16.8 Å². The lowest BCUT2D eigenvalue weighted by Crippen LogP contribution is -2.32. The van der Waals surface area contributed by atoms with Crippen LogP contribution in [-0.2, 0) is 5.41 Å². The highest BCUT2D eigenvalue weighted by Gasteiger charge is 2.51. The molecule has 3 aliphatic rings. The van der Waals surface area contributed by atoms with Gasteiger partial charge in [-0.2, -0.15) is 0 Å². The fourth-order valence-corrected chi connectivity index (χ4v) is 7.68. The molecule has 0 bridgehead atoms. The van der Waals surface area contributed by atoms with E-state index in [0.717, 1.165) is 45.0 Å². The number of nitrogens with zero attached hydrogens (tertiary/aromatic N) is 2. The minimum atomic E-state index is -0.497. The predicted molar refractivity (Wildman–Crippen MR) is 201 cm³/mol. The van der Waals surface area contributed by atoms with Crippen LogP contribution in [0.4, 0.5) is 0 Å². The van der Waals surface area contributed by atoms with Crippen LogP contribution in [0.1, 0.15) is 39.8 Å². The van der Waals surface area contributed by atoms with Gasteiger partial charge in [-0.1, -0.05) is 158 Å². The molecule has 2 heterocycles. The highest BCUT2D eigenvalue weighted by Crippen LogP contribution is 2.63. The molecule has 9 rings (SSSR count). The van der Waals surface area contributed by atoms with E-state index in [1.807, 2.05) is 36.4 Å². The molecule has 0 saturated carbocycles. The standard InChI is InChI=1S/C46H32N2O/c1-31-15-4-2-7-24-41(33-16-5-3-6-17-33)48-45(47-31)34-29-27-32(28-30-34)35-19-14-23-40-44(35)36-18-8-9-20-37(36)46(40)38-21-10-12-25-42(38)49-43-26-13-11-22-39(43)46/h2-23,25-30H,1,24H2/b7-2-,15-4-,47-45?,48-41?. The van der Waals surface area contributed by atoms with E-state index in [4.69, 9.17) is 14.7 Å². The van der Waals surface area contributed by atoms with E-state index in [2.05, 4.69) is 140 Å². The van der Waals surface area contributed by atoms with E-state index in [1.165, 1.54) is 27.8 Å². The Kier molecular flexibility index (Phi) is 6.91. The van der Waals surface area contributed by atoms with Crippen molar-refractivity contribution in [3.63, 3.8) is 0 Å². The number of hydrogen-bond acceptors (Lipinski definition) is 3. The molecular weight excluding hydrogens is 597 g/mol. The molecule has 0 atom stereocenters. The molecule has 1 aliphatic carbocycles. The highest BCUT2D eigenvalue weighted by atomic mass is 16.5. The smallest absolute Gasteiger partial charge is 0.160 e. The van der Waals surface area contributed by atoms with Gasteiger partial charge in [0.25, 0.3) is 0 Å². The first-order chi connectivity index (χ1) is 24.2. The van der Waals surface area contributed by atoms with Gasteiger partial charge in [0, 0.05) is 23.1 Å². The zero-order valence-electron chi connectivity index (χ0n) is 26.9.